The van der Waals surface area contributed by atoms with Crippen LogP contribution >= 0.6 is 0 Å². The van der Waals surface area contributed by atoms with Crippen LogP contribution in [0.4, 0.5) is 26.0 Å². The predicted octanol–water partition coefficient (Wildman–Crippen LogP) is 2.86. The number of nitrogens with one attached hydrogen (secondary N) is 1. The number of halogens is 2. The van der Waals surface area contributed by atoms with E-state index in [0.29, 0.717) is 0 Å². The lowest BCUT2D eigenvalue weighted by molar-refractivity contribution is 0.0527. The Labute approximate surface area is 119 Å². The van der Waals surface area contributed by atoms with E-state index in [1.807, 2.05) is 0 Å². The van der Waals surface area contributed by atoms with Crippen molar-refractivity contribution in [2.75, 3.05) is 17.7 Å². The molecule has 0 fully saturated rings. The van der Waals surface area contributed by atoms with Crippen LogP contribution in [-0.4, -0.2) is 17.6 Å². The van der Waals surface area contributed by atoms with E-state index in [4.69, 9.17) is 10.5 Å². The molecule has 7 heteroatoms. The second-order valence-electron chi connectivity index (χ2n) is 4.06. The van der Waals surface area contributed by atoms with Gasteiger partial charge in [0.1, 0.15) is 17.3 Å². The average Bonchev–Trinajstić information content (AvgIpc) is 2.45. The van der Waals surface area contributed by atoms with Gasteiger partial charge >= 0.3 is 5.97 Å². The van der Waals surface area contributed by atoms with Gasteiger partial charge in [-0.3, -0.25) is 0 Å². The van der Waals surface area contributed by atoms with Crippen LogP contribution in [0.15, 0.2) is 30.5 Å². The second kappa shape index (κ2) is 6.17. The molecule has 0 radical (unpaired) electrons. The topological polar surface area (TPSA) is 77.2 Å². The minimum absolute atomic E-state index is 0.0236. The van der Waals surface area contributed by atoms with Crippen molar-refractivity contribution in [2.45, 2.75) is 6.92 Å². The Morgan fingerprint density at radius 1 is 1.33 bits per heavy atom. The van der Waals surface area contributed by atoms with Gasteiger partial charge in [-0.1, -0.05) is 6.07 Å². The fourth-order valence-electron chi connectivity index (χ4n) is 1.70. The van der Waals surface area contributed by atoms with E-state index >= 15 is 0 Å². The molecule has 0 aliphatic heterocycles. The molecule has 0 bridgehead atoms. The van der Waals surface area contributed by atoms with E-state index in [-0.39, 0.29) is 23.7 Å². The number of carbonyl (C=O) groups excluding carboxylic acids is 1. The second-order valence-corrected chi connectivity index (χ2v) is 4.06. The van der Waals surface area contributed by atoms with Crippen LogP contribution in [0.3, 0.4) is 0 Å². The molecule has 0 spiro atoms. The Morgan fingerprint density at radius 3 is 2.62 bits per heavy atom. The molecule has 2 aromatic rings. The number of carbonyl (C=O) groups is 1. The van der Waals surface area contributed by atoms with Crippen molar-refractivity contribution in [3.63, 3.8) is 0 Å². The molecule has 3 N–H and O–H groups in total. The number of ether oxygens (including phenoxy) is 1. The largest absolute Gasteiger partial charge is 0.462 e. The quantitative estimate of drug-likeness (QED) is 0.848. The van der Waals surface area contributed by atoms with Crippen LogP contribution in [0.1, 0.15) is 17.3 Å². The monoisotopic (exact) mass is 293 g/mol. The van der Waals surface area contributed by atoms with Crippen LogP contribution < -0.4 is 11.1 Å². The summed E-state index contributed by atoms with van der Waals surface area (Å²) >= 11 is 0. The molecule has 0 amide bonds. The molecule has 5 nitrogen and oxygen atoms in total. The highest BCUT2D eigenvalue weighted by atomic mass is 19.1. The van der Waals surface area contributed by atoms with Crippen molar-refractivity contribution in [1.29, 1.82) is 0 Å². The highest BCUT2D eigenvalue weighted by molar-refractivity contribution is 5.98. The van der Waals surface area contributed by atoms with Gasteiger partial charge in [0.15, 0.2) is 5.82 Å². The maximum atomic E-state index is 13.6. The summed E-state index contributed by atoms with van der Waals surface area (Å²) in [5, 5.41) is 2.45. The lowest BCUT2D eigenvalue weighted by atomic mass is 10.2. The summed E-state index contributed by atoms with van der Waals surface area (Å²) in [5.41, 5.74) is 5.43. The van der Waals surface area contributed by atoms with E-state index in [2.05, 4.69) is 10.3 Å². The summed E-state index contributed by atoms with van der Waals surface area (Å²) < 4.78 is 32.0. The molecule has 1 aromatic heterocycles. The van der Waals surface area contributed by atoms with Gasteiger partial charge in [0, 0.05) is 6.20 Å². The first-order valence-electron chi connectivity index (χ1n) is 6.17. The van der Waals surface area contributed by atoms with Gasteiger partial charge in [-0.15, -0.1) is 0 Å². The third-order valence-electron chi connectivity index (χ3n) is 2.69. The first-order chi connectivity index (χ1) is 10.0. The SMILES string of the molecule is CCOC(=O)c1ccnc(Nc2c(F)cccc2F)c1N. The van der Waals surface area contributed by atoms with Gasteiger partial charge < -0.3 is 15.8 Å². The zero-order valence-corrected chi connectivity index (χ0v) is 11.2. The summed E-state index contributed by atoms with van der Waals surface area (Å²) in [7, 11) is 0. The molecular weight excluding hydrogens is 280 g/mol. The van der Waals surface area contributed by atoms with Crippen LogP contribution in [0.5, 0.6) is 0 Å². The lowest BCUT2D eigenvalue weighted by Gasteiger charge is -2.12. The molecule has 0 unspecified atom stereocenters. The molecular formula is C14H13F2N3O2. The molecule has 0 aliphatic rings. The zero-order chi connectivity index (χ0) is 15.4. The van der Waals surface area contributed by atoms with Crippen molar-refractivity contribution in [3.8, 4) is 0 Å². The summed E-state index contributed by atoms with van der Waals surface area (Å²) in [6.07, 6.45) is 1.30. The van der Waals surface area contributed by atoms with E-state index < -0.39 is 23.3 Å². The average molecular weight is 293 g/mol. The van der Waals surface area contributed by atoms with Crippen LogP contribution in [0, 0.1) is 11.6 Å². The fourth-order valence-corrected chi connectivity index (χ4v) is 1.70. The number of nitrogen functional groups attached to an aromatic ring is 1. The number of para-hydroxylation sites is 1. The van der Waals surface area contributed by atoms with E-state index in [9.17, 15) is 13.6 Å². The highest BCUT2D eigenvalue weighted by Gasteiger charge is 2.16. The number of nitrogens with two attached hydrogens (primary N) is 1. The molecule has 1 aromatic carbocycles. The van der Waals surface area contributed by atoms with E-state index in [1.165, 1.54) is 18.3 Å². The van der Waals surface area contributed by atoms with E-state index in [1.54, 1.807) is 6.92 Å². The molecule has 0 saturated carbocycles. The summed E-state index contributed by atoms with van der Waals surface area (Å²) in [4.78, 5) is 15.6. The third kappa shape index (κ3) is 3.07. The number of esters is 1. The molecule has 2 rings (SSSR count). The standard InChI is InChI=1S/C14H13F2N3O2/c1-2-21-14(20)8-6-7-18-13(11(8)17)19-12-9(15)4-3-5-10(12)16/h3-7H,2,17H2,1H3,(H,18,19). The maximum absolute atomic E-state index is 13.6. The van der Waals surface area contributed by atoms with E-state index in [0.717, 1.165) is 12.1 Å². The van der Waals surface area contributed by atoms with Crippen molar-refractivity contribution >= 4 is 23.2 Å². The Bertz CT molecular complexity index is 657. The van der Waals surface area contributed by atoms with Crippen LogP contribution in [0.25, 0.3) is 0 Å². The molecule has 21 heavy (non-hydrogen) atoms. The Kier molecular flexibility index (Phi) is 4.32. The van der Waals surface area contributed by atoms with Crippen LogP contribution in [0.2, 0.25) is 0 Å². The number of anilines is 3. The Hall–Kier alpha value is -2.70. The van der Waals surface area contributed by atoms with Crippen molar-refractivity contribution in [1.82, 2.24) is 4.98 Å². The maximum Gasteiger partial charge on any atom is 0.340 e. The lowest BCUT2D eigenvalue weighted by Crippen LogP contribution is -2.11. The van der Waals surface area contributed by atoms with Crippen molar-refractivity contribution in [3.05, 3.63) is 47.7 Å². The zero-order valence-electron chi connectivity index (χ0n) is 11.2. The normalized spacial score (nSPS) is 10.2. The molecule has 0 atom stereocenters. The Balaban J connectivity index is 2.37. The molecule has 1 heterocycles. The smallest absolute Gasteiger partial charge is 0.340 e. The molecule has 0 aliphatic carbocycles. The summed E-state index contributed by atoms with van der Waals surface area (Å²) in [6, 6.07) is 4.80. The first kappa shape index (κ1) is 14.7. The van der Waals surface area contributed by atoms with Gasteiger partial charge in [0.25, 0.3) is 0 Å². The molecule has 110 valence electrons. The summed E-state index contributed by atoms with van der Waals surface area (Å²) in [5.74, 6) is -2.24. The van der Waals surface area contributed by atoms with Gasteiger partial charge in [-0.2, -0.15) is 0 Å². The Morgan fingerprint density at radius 2 is 2.00 bits per heavy atom. The third-order valence-corrected chi connectivity index (χ3v) is 2.69. The molecule has 0 saturated heterocycles. The number of hydrogen-bond donors (Lipinski definition) is 2. The number of rotatable bonds is 4. The van der Waals surface area contributed by atoms with Crippen LogP contribution in [-0.2, 0) is 4.74 Å². The minimum atomic E-state index is -0.794. The summed E-state index contributed by atoms with van der Waals surface area (Å²) in [6.45, 7) is 1.84. The van der Waals surface area contributed by atoms with Crippen molar-refractivity contribution in [2.24, 2.45) is 0 Å². The predicted molar refractivity (Wildman–Crippen MR) is 74.2 cm³/mol. The first-order valence-corrected chi connectivity index (χ1v) is 6.17. The highest BCUT2D eigenvalue weighted by Crippen LogP contribution is 2.27. The van der Waals surface area contributed by atoms with Crippen molar-refractivity contribution < 1.29 is 18.3 Å². The number of hydrogen-bond acceptors (Lipinski definition) is 5. The van der Waals surface area contributed by atoms with Gasteiger partial charge in [0.2, 0.25) is 0 Å². The minimum Gasteiger partial charge on any atom is -0.462 e. The number of aromatic nitrogens is 1. The number of nitrogens with zero attached hydrogens (tertiary/aromatic N) is 1. The number of benzene rings is 1. The number of pyridine rings is 1. The van der Waals surface area contributed by atoms with Gasteiger partial charge in [-0.25, -0.2) is 18.6 Å². The van der Waals surface area contributed by atoms with Gasteiger partial charge in [-0.05, 0) is 25.1 Å². The fraction of sp³-hybridized carbons (Fsp3) is 0.143. The van der Waals surface area contributed by atoms with Gasteiger partial charge in [0.05, 0.1) is 17.9 Å².